The molecule has 2 fully saturated rings. The Bertz CT molecular complexity index is 197. The fourth-order valence-corrected chi connectivity index (χ4v) is 2.47. The maximum Gasteiger partial charge on any atom is 0.0694 e. The standard InChI is InChI=1S/C14H27NO/c1-2-3-4-12-16-14(8-5-9-14)10-11-15-13-6-7-13/h13,15H,2-12H2,1H3. The second kappa shape index (κ2) is 6.02. The molecule has 0 aromatic heterocycles. The van der Waals surface area contributed by atoms with Crippen molar-refractivity contribution >= 4 is 0 Å². The van der Waals surface area contributed by atoms with E-state index < -0.39 is 0 Å². The van der Waals surface area contributed by atoms with Gasteiger partial charge in [0.1, 0.15) is 0 Å². The maximum atomic E-state index is 6.13. The minimum absolute atomic E-state index is 0.273. The minimum atomic E-state index is 0.273. The molecule has 0 radical (unpaired) electrons. The van der Waals surface area contributed by atoms with E-state index in [0.29, 0.717) is 0 Å². The van der Waals surface area contributed by atoms with E-state index in [1.54, 1.807) is 0 Å². The molecule has 2 aliphatic rings. The van der Waals surface area contributed by atoms with E-state index >= 15 is 0 Å². The van der Waals surface area contributed by atoms with E-state index in [-0.39, 0.29) is 5.60 Å². The van der Waals surface area contributed by atoms with E-state index in [1.165, 1.54) is 64.3 Å². The van der Waals surface area contributed by atoms with Gasteiger partial charge in [-0.2, -0.15) is 0 Å². The lowest BCUT2D eigenvalue weighted by atomic mass is 9.77. The van der Waals surface area contributed by atoms with E-state index in [9.17, 15) is 0 Å². The summed E-state index contributed by atoms with van der Waals surface area (Å²) in [6.45, 7) is 4.40. The summed E-state index contributed by atoms with van der Waals surface area (Å²) in [5.41, 5.74) is 0.273. The zero-order valence-electron chi connectivity index (χ0n) is 10.8. The van der Waals surface area contributed by atoms with Crippen molar-refractivity contribution in [3.63, 3.8) is 0 Å². The van der Waals surface area contributed by atoms with E-state index in [2.05, 4.69) is 12.2 Å². The molecular weight excluding hydrogens is 198 g/mol. The number of unbranched alkanes of at least 4 members (excludes halogenated alkanes) is 2. The lowest BCUT2D eigenvalue weighted by Gasteiger charge is -2.42. The van der Waals surface area contributed by atoms with Crippen LogP contribution in [0.25, 0.3) is 0 Å². The van der Waals surface area contributed by atoms with E-state index in [1.807, 2.05) is 0 Å². The predicted octanol–water partition coefficient (Wildman–Crippen LogP) is 3.26. The first kappa shape index (κ1) is 12.4. The molecule has 0 spiro atoms. The van der Waals surface area contributed by atoms with Crippen molar-refractivity contribution in [2.24, 2.45) is 0 Å². The van der Waals surface area contributed by atoms with Gasteiger partial charge in [-0.15, -0.1) is 0 Å². The first-order chi connectivity index (χ1) is 7.85. The summed E-state index contributed by atoms with van der Waals surface area (Å²) in [7, 11) is 0. The molecule has 2 rings (SSSR count). The molecule has 2 saturated carbocycles. The van der Waals surface area contributed by atoms with Crippen LogP contribution in [0.2, 0.25) is 0 Å². The highest BCUT2D eigenvalue weighted by molar-refractivity contribution is 4.91. The Hall–Kier alpha value is -0.0800. The summed E-state index contributed by atoms with van der Waals surface area (Å²) < 4.78 is 6.13. The molecule has 0 saturated heterocycles. The molecule has 2 heteroatoms. The van der Waals surface area contributed by atoms with Crippen LogP contribution in [0.4, 0.5) is 0 Å². The Morgan fingerprint density at radius 3 is 2.62 bits per heavy atom. The number of hydrogen-bond acceptors (Lipinski definition) is 2. The predicted molar refractivity (Wildman–Crippen MR) is 67.7 cm³/mol. The van der Waals surface area contributed by atoms with Gasteiger partial charge in [-0.3, -0.25) is 0 Å². The van der Waals surface area contributed by atoms with Crippen molar-refractivity contribution in [3.05, 3.63) is 0 Å². The molecule has 0 heterocycles. The molecule has 0 atom stereocenters. The molecule has 0 unspecified atom stereocenters. The summed E-state index contributed by atoms with van der Waals surface area (Å²) >= 11 is 0. The Morgan fingerprint density at radius 1 is 1.25 bits per heavy atom. The molecule has 0 aliphatic heterocycles. The molecule has 1 N–H and O–H groups in total. The molecule has 0 bridgehead atoms. The average Bonchev–Trinajstić information content (AvgIpc) is 3.03. The second-order valence-corrected chi connectivity index (χ2v) is 5.57. The van der Waals surface area contributed by atoms with Gasteiger partial charge >= 0.3 is 0 Å². The first-order valence-corrected chi connectivity index (χ1v) is 7.22. The molecular formula is C14H27NO. The molecule has 2 nitrogen and oxygen atoms in total. The summed E-state index contributed by atoms with van der Waals surface area (Å²) in [5.74, 6) is 0. The second-order valence-electron chi connectivity index (χ2n) is 5.57. The third-order valence-electron chi connectivity index (χ3n) is 4.01. The van der Waals surface area contributed by atoms with Crippen molar-refractivity contribution in [1.82, 2.24) is 5.32 Å². The van der Waals surface area contributed by atoms with Gasteiger partial charge in [-0.05, 0) is 51.5 Å². The summed E-state index contributed by atoms with van der Waals surface area (Å²) in [5, 5.41) is 3.60. The fraction of sp³-hybridized carbons (Fsp3) is 1.00. The average molecular weight is 225 g/mol. The van der Waals surface area contributed by atoms with Crippen LogP contribution < -0.4 is 5.32 Å². The first-order valence-electron chi connectivity index (χ1n) is 7.22. The van der Waals surface area contributed by atoms with Crippen LogP contribution in [0.3, 0.4) is 0 Å². The van der Waals surface area contributed by atoms with Gasteiger partial charge in [0.05, 0.1) is 5.60 Å². The van der Waals surface area contributed by atoms with Crippen LogP contribution in [0.5, 0.6) is 0 Å². The van der Waals surface area contributed by atoms with Gasteiger partial charge < -0.3 is 10.1 Å². The van der Waals surface area contributed by atoms with Crippen LogP contribution in [0.1, 0.15) is 64.7 Å². The maximum absolute atomic E-state index is 6.13. The normalized spacial score (nSPS) is 23.1. The van der Waals surface area contributed by atoms with E-state index in [0.717, 1.165) is 12.6 Å². The Kier molecular flexibility index (Phi) is 4.66. The SMILES string of the molecule is CCCCCOC1(CCNC2CC2)CCC1. The number of hydrogen-bond donors (Lipinski definition) is 1. The largest absolute Gasteiger partial charge is 0.375 e. The Labute approximate surface area is 100 Å². The third-order valence-corrected chi connectivity index (χ3v) is 4.01. The molecule has 0 aromatic rings. The number of rotatable bonds is 9. The van der Waals surface area contributed by atoms with Crippen LogP contribution in [-0.4, -0.2) is 24.8 Å². The zero-order valence-corrected chi connectivity index (χ0v) is 10.8. The number of nitrogens with one attached hydrogen (secondary N) is 1. The lowest BCUT2D eigenvalue weighted by molar-refractivity contribution is -0.105. The van der Waals surface area contributed by atoms with Crippen molar-refractivity contribution in [3.8, 4) is 0 Å². The van der Waals surface area contributed by atoms with Crippen molar-refractivity contribution < 1.29 is 4.74 Å². The monoisotopic (exact) mass is 225 g/mol. The van der Waals surface area contributed by atoms with Gasteiger partial charge in [0.25, 0.3) is 0 Å². The summed E-state index contributed by atoms with van der Waals surface area (Å²) in [4.78, 5) is 0. The van der Waals surface area contributed by atoms with Crippen molar-refractivity contribution in [1.29, 1.82) is 0 Å². The van der Waals surface area contributed by atoms with E-state index in [4.69, 9.17) is 4.74 Å². The molecule has 0 aromatic carbocycles. The molecule has 16 heavy (non-hydrogen) atoms. The zero-order chi connectivity index (χ0) is 11.3. The highest BCUT2D eigenvalue weighted by atomic mass is 16.5. The molecule has 0 amide bonds. The summed E-state index contributed by atoms with van der Waals surface area (Å²) in [6.07, 6.45) is 11.8. The minimum Gasteiger partial charge on any atom is -0.375 e. The quantitative estimate of drug-likeness (QED) is 0.608. The fourth-order valence-electron chi connectivity index (χ4n) is 2.47. The van der Waals surface area contributed by atoms with Gasteiger partial charge in [0, 0.05) is 12.6 Å². The lowest BCUT2D eigenvalue weighted by Crippen LogP contribution is -2.43. The highest BCUT2D eigenvalue weighted by Crippen LogP contribution is 2.38. The Balaban J connectivity index is 1.57. The Morgan fingerprint density at radius 2 is 2.06 bits per heavy atom. The van der Waals surface area contributed by atoms with Crippen LogP contribution in [-0.2, 0) is 4.74 Å². The van der Waals surface area contributed by atoms with Crippen molar-refractivity contribution in [2.75, 3.05) is 13.2 Å². The van der Waals surface area contributed by atoms with Gasteiger partial charge in [-0.25, -0.2) is 0 Å². The van der Waals surface area contributed by atoms with Crippen LogP contribution >= 0.6 is 0 Å². The highest BCUT2D eigenvalue weighted by Gasteiger charge is 2.37. The van der Waals surface area contributed by atoms with Crippen molar-refractivity contribution in [2.45, 2.75) is 76.4 Å². The van der Waals surface area contributed by atoms with Gasteiger partial charge in [-0.1, -0.05) is 19.8 Å². The topological polar surface area (TPSA) is 21.3 Å². The van der Waals surface area contributed by atoms with Gasteiger partial charge in [0.2, 0.25) is 0 Å². The van der Waals surface area contributed by atoms with Crippen LogP contribution in [0.15, 0.2) is 0 Å². The third kappa shape index (κ3) is 3.74. The van der Waals surface area contributed by atoms with Crippen LogP contribution in [0, 0.1) is 0 Å². The number of ether oxygens (including phenoxy) is 1. The smallest absolute Gasteiger partial charge is 0.0694 e. The summed E-state index contributed by atoms with van der Waals surface area (Å²) in [6, 6.07) is 0.845. The molecule has 94 valence electrons. The molecule has 2 aliphatic carbocycles. The van der Waals surface area contributed by atoms with Gasteiger partial charge in [0.15, 0.2) is 0 Å².